The molecule has 1 saturated heterocycles. The average Bonchev–Trinajstić information content (AvgIpc) is 3.18. The van der Waals surface area contributed by atoms with Crippen molar-refractivity contribution in [3.05, 3.63) is 65.2 Å². The Bertz CT molecular complexity index is 938. The van der Waals surface area contributed by atoms with Gasteiger partial charge < -0.3 is 14.5 Å². The summed E-state index contributed by atoms with van der Waals surface area (Å²) < 4.78 is 5.42. The van der Waals surface area contributed by atoms with Crippen molar-refractivity contribution >= 4 is 23.5 Å². The second kappa shape index (κ2) is 8.07. The molecule has 0 saturated carbocycles. The molecule has 6 nitrogen and oxygen atoms in total. The Balaban J connectivity index is 1.36. The van der Waals surface area contributed by atoms with Crippen molar-refractivity contribution in [3.63, 3.8) is 0 Å². The molecule has 0 aliphatic carbocycles. The van der Waals surface area contributed by atoms with Crippen LogP contribution in [0.1, 0.15) is 41.3 Å². The van der Waals surface area contributed by atoms with Gasteiger partial charge in [0.15, 0.2) is 6.10 Å². The lowest BCUT2D eigenvalue weighted by Crippen LogP contribution is -2.42. The first-order chi connectivity index (χ1) is 14.0. The van der Waals surface area contributed by atoms with Gasteiger partial charge in [-0.1, -0.05) is 24.3 Å². The van der Waals surface area contributed by atoms with Crippen LogP contribution in [0.2, 0.25) is 0 Å². The first-order valence-electron chi connectivity index (χ1n) is 10.00. The molecule has 29 heavy (non-hydrogen) atoms. The highest BCUT2D eigenvalue weighted by Gasteiger charge is 2.27. The van der Waals surface area contributed by atoms with Crippen LogP contribution in [-0.2, 0) is 27.3 Å². The third-order valence-electron chi connectivity index (χ3n) is 5.56. The van der Waals surface area contributed by atoms with Gasteiger partial charge in [-0.3, -0.25) is 9.59 Å². The molecule has 6 heteroatoms. The number of rotatable bonds is 4. The molecule has 2 aliphatic heterocycles. The van der Waals surface area contributed by atoms with Crippen LogP contribution in [-0.4, -0.2) is 41.9 Å². The van der Waals surface area contributed by atoms with Crippen molar-refractivity contribution < 1.29 is 19.1 Å². The number of nitrogens with zero attached hydrogens (tertiary/aromatic N) is 2. The molecular formula is C23H24N2O4. The summed E-state index contributed by atoms with van der Waals surface area (Å²) >= 11 is 0. The second-order valence-electron chi connectivity index (χ2n) is 7.52. The van der Waals surface area contributed by atoms with Gasteiger partial charge in [0.2, 0.25) is 5.91 Å². The van der Waals surface area contributed by atoms with Gasteiger partial charge in [-0.15, -0.1) is 0 Å². The maximum Gasteiger partial charge on any atom is 0.338 e. The first kappa shape index (κ1) is 19.2. The van der Waals surface area contributed by atoms with Crippen molar-refractivity contribution in [3.8, 4) is 0 Å². The van der Waals surface area contributed by atoms with Gasteiger partial charge in [0.25, 0.3) is 5.91 Å². The molecule has 0 unspecified atom stereocenters. The van der Waals surface area contributed by atoms with Crippen LogP contribution in [0.3, 0.4) is 0 Å². The van der Waals surface area contributed by atoms with Crippen molar-refractivity contribution in [1.82, 2.24) is 4.90 Å². The zero-order valence-electron chi connectivity index (χ0n) is 16.5. The van der Waals surface area contributed by atoms with Gasteiger partial charge in [0.05, 0.1) is 5.56 Å². The predicted molar refractivity (Wildman–Crippen MR) is 108 cm³/mol. The van der Waals surface area contributed by atoms with Crippen molar-refractivity contribution in [2.24, 2.45) is 0 Å². The van der Waals surface area contributed by atoms with E-state index in [4.69, 9.17) is 4.74 Å². The largest absolute Gasteiger partial charge is 0.449 e. The van der Waals surface area contributed by atoms with E-state index in [2.05, 4.69) is 6.07 Å². The monoisotopic (exact) mass is 392 g/mol. The smallest absolute Gasteiger partial charge is 0.338 e. The summed E-state index contributed by atoms with van der Waals surface area (Å²) in [5, 5.41) is 0. The topological polar surface area (TPSA) is 66.9 Å². The molecule has 2 aromatic carbocycles. The van der Waals surface area contributed by atoms with Crippen molar-refractivity contribution in [1.29, 1.82) is 0 Å². The van der Waals surface area contributed by atoms with Crippen LogP contribution in [0.4, 0.5) is 5.69 Å². The Morgan fingerprint density at radius 2 is 1.69 bits per heavy atom. The van der Waals surface area contributed by atoms with E-state index in [-0.39, 0.29) is 11.8 Å². The Kier molecular flexibility index (Phi) is 5.34. The average molecular weight is 392 g/mol. The number of fused-ring (bicyclic) bond motifs is 1. The number of ether oxygens (including phenoxy) is 1. The molecule has 2 aliphatic rings. The molecular weight excluding hydrogens is 368 g/mol. The maximum absolute atomic E-state index is 12.7. The molecule has 0 bridgehead atoms. The molecule has 150 valence electrons. The minimum absolute atomic E-state index is 0.0997. The van der Waals surface area contributed by atoms with Crippen molar-refractivity contribution in [2.45, 2.75) is 38.8 Å². The zero-order chi connectivity index (χ0) is 20.4. The van der Waals surface area contributed by atoms with Crippen LogP contribution < -0.4 is 4.90 Å². The van der Waals surface area contributed by atoms with Crippen LogP contribution in [0.25, 0.3) is 0 Å². The summed E-state index contributed by atoms with van der Waals surface area (Å²) in [6.45, 7) is 3.47. The van der Waals surface area contributed by atoms with Crippen LogP contribution in [0, 0.1) is 0 Å². The number of hydrogen-bond donors (Lipinski definition) is 0. The van der Waals surface area contributed by atoms with Gasteiger partial charge in [0, 0.05) is 31.7 Å². The quantitative estimate of drug-likeness (QED) is 0.751. The van der Waals surface area contributed by atoms with Crippen LogP contribution >= 0.6 is 0 Å². The van der Waals surface area contributed by atoms with E-state index in [1.165, 1.54) is 5.56 Å². The molecule has 2 amide bonds. The molecule has 1 atom stereocenters. The predicted octanol–water partition coefficient (Wildman–Crippen LogP) is 2.94. The molecule has 0 aromatic heterocycles. The van der Waals surface area contributed by atoms with Gasteiger partial charge in [0.1, 0.15) is 0 Å². The number of carbonyl (C=O) groups is 3. The van der Waals surface area contributed by atoms with Crippen LogP contribution in [0.5, 0.6) is 0 Å². The highest BCUT2D eigenvalue weighted by atomic mass is 16.5. The maximum atomic E-state index is 12.7. The molecule has 2 aromatic rings. The number of carbonyl (C=O) groups excluding carboxylic acids is 3. The molecule has 0 N–H and O–H groups in total. The lowest BCUT2D eigenvalue weighted by molar-refractivity contribution is -0.140. The third kappa shape index (κ3) is 4.01. The van der Waals surface area contributed by atoms with E-state index < -0.39 is 12.1 Å². The minimum Gasteiger partial charge on any atom is -0.449 e. The Hall–Kier alpha value is -3.15. The van der Waals surface area contributed by atoms with E-state index in [9.17, 15) is 14.4 Å². The van der Waals surface area contributed by atoms with E-state index in [1.54, 1.807) is 41.0 Å². The zero-order valence-corrected chi connectivity index (χ0v) is 16.5. The first-order valence-corrected chi connectivity index (χ1v) is 10.00. The normalized spacial score (nSPS) is 17.1. The van der Waals surface area contributed by atoms with E-state index in [0.29, 0.717) is 31.6 Å². The summed E-state index contributed by atoms with van der Waals surface area (Å²) in [5.74, 6) is -0.627. The fourth-order valence-corrected chi connectivity index (χ4v) is 3.92. The Labute approximate surface area is 170 Å². The Morgan fingerprint density at radius 3 is 2.38 bits per heavy atom. The van der Waals surface area contributed by atoms with Crippen LogP contribution in [0.15, 0.2) is 48.5 Å². The van der Waals surface area contributed by atoms with Gasteiger partial charge in [-0.2, -0.15) is 0 Å². The van der Waals surface area contributed by atoms with Gasteiger partial charge in [-0.05, 0) is 55.2 Å². The third-order valence-corrected chi connectivity index (χ3v) is 5.56. The summed E-state index contributed by atoms with van der Waals surface area (Å²) in [7, 11) is 0. The lowest BCUT2D eigenvalue weighted by atomic mass is 9.99. The number of esters is 1. The fraction of sp³-hybridized carbons (Fsp3) is 0.348. The molecule has 2 heterocycles. The van der Waals surface area contributed by atoms with E-state index >= 15 is 0 Å². The summed E-state index contributed by atoms with van der Waals surface area (Å²) in [6.07, 6.45) is 1.36. The molecule has 1 fully saturated rings. The second-order valence-corrected chi connectivity index (χ2v) is 7.52. The molecule has 0 spiro atoms. The molecule has 0 radical (unpaired) electrons. The minimum atomic E-state index is -0.854. The summed E-state index contributed by atoms with van der Waals surface area (Å²) in [4.78, 5) is 40.5. The number of hydrogen-bond acceptors (Lipinski definition) is 4. The summed E-state index contributed by atoms with van der Waals surface area (Å²) in [5.41, 5.74) is 3.54. The van der Waals surface area contributed by atoms with Gasteiger partial charge >= 0.3 is 5.97 Å². The van der Waals surface area contributed by atoms with E-state index in [1.807, 2.05) is 18.2 Å². The van der Waals surface area contributed by atoms with Crippen molar-refractivity contribution in [2.75, 3.05) is 18.0 Å². The van der Waals surface area contributed by atoms with Gasteiger partial charge in [-0.25, -0.2) is 4.79 Å². The molecule has 4 rings (SSSR count). The SMILES string of the molecule is C[C@@H](OC(=O)c1ccc(N2CCCC2=O)cc1)C(=O)N1CCc2ccccc2C1. The lowest BCUT2D eigenvalue weighted by Gasteiger charge is -2.30. The number of anilines is 1. The highest BCUT2D eigenvalue weighted by molar-refractivity contribution is 5.96. The van der Waals surface area contributed by atoms with E-state index in [0.717, 1.165) is 24.1 Å². The summed E-state index contributed by atoms with van der Waals surface area (Å²) in [6, 6.07) is 14.8. The Morgan fingerprint density at radius 1 is 0.966 bits per heavy atom. The number of amides is 2. The fourth-order valence-electron chi connectivity index (χ4n) is 3.92. The highest BCUT2D eigenvalue weighted by Crippen LogP contribution is 2.23. The standard InChI is InChI=1S/C23H24N2O4/c1-16(22(27)24-14-12-17-5-2-3-6-19(17)15-24)29-23(28)18-8-10-20(11-9-18)25-13-4-7-21(25)26/h2-3,5-6,8-11,16H,4,7,12-15H2,1H3/t16-/m1/s1. The number of benzene rings is 2.